The van der Waals surface area contributed by atoms with Crippen LogP contribution in [0.5, 0.6) is 11.5 Å². The minimum atomic E-state index is -0.424. The molecule has 0 amide bonds. The molecular formula is C19H15NO3. The van der Waals surface area contributed by atoms with E-state index in [-0.39, 0.29) is 5.75 Å². The summed E-state index contributed by atoms with van der Waals surface area (Å²) in [5.74, 6) is 0.247. The van der Waals surface area contributed by atoms with Crippen molar-refractivity contribution in [3.05, 3.63) is 78.4 Å². The first-order valence-corrected chi connectivity index (χ1v) is 7.09. The summed E-state index contributed by atoms with van der Waals surface area (Å²) in [7, 11) is 0. The van der Waals surface area contributed by atoms with Gasteiger partial charge < -0.3 is 15.6 Å². The van der Waals surface area contributed by atoms with Crippen LogP contribution in [0, 0.1) is 0 Å². The Labute approximate surface area is 133 Å². The van der Waals surface area contributed by atoms with Crippen LogP contribution in [-0.2, 0) is 0 Å². The van der Waals surface area contributed by atoms with E-state index < -0.39 is 5.97 Å². The first-order chi connectivity index (χ1) is 11.1. The van der Waals surface area contributed by atoms with E-state index in [2.05, 4.69) is 0 Å². The molecule has 0 fully saturated rings. The van der Waals surface area contributed by atoms with Gasteiger partial charge in [-0.05, 0) is 59.7 Å². The van der Waals surface area contributed by atoms with Crippen LogP contribution in [0.4, 0.5) is 5.69 Å². The van der Waals surface area contributed by atoms with E-state index in [0.717, 1.165) is 11.1 Å². The predicted octanol–water partition coefficient (Wildman–Crippen LogP) is 3.86. The topological polar surface area (TPSA) is 72.5 Å². The maximum atomic E-state index is 12.1. The van der Waals surface area contributed by atoms with E-state index in [0.29, 0.717) is 17.0 Å². The first-order valence-electron chi connectivity index (χ1n) is 7.09. The number of hydrogen-bond donors (Lipinski definition) is 2. The van der Waals surface area contributed by atoms with Crippen LogP contribution in [0.2, 0.25) is 0 Å². The largest absolute Gasteiger partial charge is 0.508 e. The van der Waals surface area contributed by atoms with E-state index in [1.54, 1.807) is 48.5 Å². The summed E-state index contributed by atoms with van der Waals surface area (Å²) in [4.78, 5) is 12.1. The summed E-state index contributed by atoms with van der Waals surface area (Å²) in [6.07, 6.45) is 0. The molecule has 0 heterocycles. The fourth-order valence-electron chi connectivity index (χ4n) is 2.15. The third-order valence-electron chi connectivity index (χ3n) is 3.41. The number of ether oxygens (including phenoxy) is 1. The van der Waals surface area contributed by atoms with Crippen molar-refractivity contribution >= 4 is 11.7 Å². The highest BCUT2D eigenvalue weighted by Gasteiger charge is 2.09. The second-order valence-electron chi connectivity index (χ2n) is 5.08. The van der Waals surface area contributed by atoms with E-state index in [1.807, 2.05) is 24.3 Å². The van der Waals surface area contributed by atoms with Crippen molar-refractivity contribution in [1.29, 1.82) is 0 Å². The second kappa shape index (κ2) is 6.23. The van der Waals surface area contributed by atoms with Gasteiger partial charge in [0.25, 0.3) is 0 Å². The van der Waals surface area contributed by atoms with Crippen LogP contribution in [0.25, 0.3) is 11.1 Å². The lowest BCUT2D eigenvalue weighted by Crippen LogP contribution is -2.08. The molecule has 0 saturated heterocycles. The summed E-state index contributed by atoms with van der Waals surface area (Å²) < 4.78 is 5.29. The van der Waals surface area contributed by atoms with Crippen LogP contribution in [0.15, 0.2) is 72.8 Å². The number of carbonyl (C=O) groups excluding carboxylic acids is 1. The van der Waals surface area contributed by atoms with Crippen LogP contribution in [0.1, 0.15) is 10.4 Å². The standard InChI is InChI=1S/C19H15NO3/c20-16-7-11-18(12-8-16)23-19(22)15-3-1-13(2-4-15)14-5-9-17(21)10-6-14/h1-12,21H,20H2. The van der Waals surface area contributed by atoms with Gasteiger partial charge in [0.05, 0.1) is 5.56 Å². The fraction of sp³-hybridized carbons (Fsp3) is 0. The minimum Gasteiger partial charge on any atom is -0.508 e. The highest BCUT2D eigenvalue weighted by atomic mass is 16.5. The van der Waals surface area contributed by atoms with Gasteiger partial charge in [-0.25, -0.2) is 4.79 Å². The van der Waals surface area contributed by atoms with Gasteiger partial charge in [-0.2, -0.15) is 0 Å². The number of aromatic hydroxyl groups is 1. The van der Waals surface area contributed by atoms with Gasteiger partial charge in [-0.3, -0.25) is 0 Å². The number of phenolic OH excluding ortho intramolecular Hbond substituents is 1. The molecule has 0 saturated carbocycles. The van der Waals surface area contributed by atoms with Gasteiger partial charge >= 0.3 is 5.97 Å². The van der Waals surface area contributed by atoms with Crippen molar-refractivity contribution < 1.29 is 14.6 Å². The average Bonchev–Trinajstić information content (AvgIpc) is 2.58. The molecule has 0 aliphatic heterocycles. The van der Waals surface area contributed by atoms with E-state index in [4.69, 9.17) is 10.5 Å². The smallest absolute Gasteiger partial charge is 0.343 e. The summed E-state index contributed by atoms with van der Waals surface area (Å²) in [6.45, 7) is 0. The molecule has 3 aromatic carbocycles. The SMILES string of the molecule is Nc1ccc(OC(=O)c2ccc(-c3ccc(O)cc3)cc2)cc1. The molecule has 0 aromatic heterocycles. The zero-order valence-corrected chi connectivity index (χ0v) is 12.3. The van der Waals surface area contributed by atoms with Gasteiger partial charge in [0, 0.05) is 5.69 Å². The summed E-state index contributed by atoms with van der Waals surface area (Å²) in [6, 6.07) is 20.6. The quantitative estimate of drug-likeness (QED) is 0.438. The zero-order chi connectivity index (χ0) is 16.2. The molecule has 4 heteroatoms. The molecule has 0 atom stereocenters. The lowest BCUT2D eigenvalue weighted by atomic mass is 10.0. The Hall–Kier alpha value is -3.27. The van der Waals surface area contributed by atoms with Crippen molar-refractivity contribution in [3.8, 4) is 22.6 Å². The molecule has 114 valence electrons. The molecule has 3 N–H and O–H groups in total. The van der Waals surface area contributed by atoms with Crippen molar-refractivity contribution in [1.82, 2.24) is 0 Å². The Morgan fingerprint density at radius 3 is 1.87 bits per heavy atom. The summed E-state index contributed by atoms with van der Waals surface area (Å²) >= 11 is 0. The lowest BCUT2D eigenvalue weighted by molar-refractivity contribution is 0.0735. The van der Waals surface area contributed by atoms with Gasteiger partial charge in [-0.15, -0.1) is 0 Å². The summed E-state index contributed by atoms with van der Waals surface area (Å²) in [5.41, 5.74) is 8.58. The molecule has 0 spiro atoms. The lowest BCUT2D eigenvalue weighted by Gasteiger charge is -2.06. The van der Waals surface area contributed by atoms with Gasteiger partial charge in [0.1, 0.15) is 11.5 Å². The van der Waals surface area contributed by atoms with E-state index >= 15 is 0 Å². The first kappa shape index (κ1) is 14.7. The van der Waals surface area contributed by atoms with Crippen molar-refractivity contribution in [3.63, 3.8) is 0 Å². The number of anilines is 1. The van der Waals surface area contributed by atoms with Crippen LogP contribution in [-0.4, -0.2) is 11.1 Å². The average molecular weight is 305 g/mol. The summed E-state index contributed by atoms with van der Waals surface area (Å²) in [5, 5.41) is 9.31. The van der Waals surface area contributed by atoms with Crippen LogP contribution < -0.4 is 10.5 Å². The van der Waals surface area contributed by atoms with E-state index in [1.165, 1.54) is 0 Å². The highest BCUT2D eigenvalue weighted by molar-refractivity contribution is 5.91. The number of nitrogen functional groups attached to an aromatic ring is 1. The zero-order valence-electron chi connectivity index (χ0n) is 12.3. The number of esters is 1. The maximum absolute atomic E-state index is 12.1. The number of nitrogens with two attached hydrogens (primary N) is 1. The molecule has 4 nitrogen and oxygen atoms in total. The van der Waals surface area contributed by atoms with Crippen molar-refractivity contribution in [2.75, 3.05) is 5.73 Å². The van der Waals surface area contributed by atoms with Crippen LogP contribution >= 0.6 is 0 Å². The van der Waals surface area contributed by atoms with E-state index in [9.17, 15) is 9.90 Å². The normalized spacial score (nSPS) is 10.3. The maximum Gasteiger partial charge on any atom is 0.343 e. The molecule has 0 aliphatic rings. The number of rotatable bonds is 3. The molecular weight excluding hydrogens is 290 g/mol. The van der Waals surface area contributed by atoms with Gasteiger partial charge in [0.2, 0.25) is 0 Å². The van der Waals surface area contributed by atoms with Gasteiger partial charge in [0.15, 0.2) is 0 Å². The molecule has 3 rings (SSSR count). The second-order valence-corrected chi connectivity index (χ2v) is 5.08. The molecule has 0 unspecified atom stereocenters. The molecule has 3 aromatic rings. The van der Waals surface area contributed by atoms with Gasteiger partial charge in [-0.1, -0.05) is 24.3 Å². The Bertz CT molecular complexity index is 807. The number of phenols is 1. The predicted molar refractivity (Wildman–Crippen MR) is 89.4 cm³/mol. The number of carbonyl (C=O) groups is 1. The Morgan fingerprint density at radius 2 is 1.30 bits per heavy atom. The molecule has 0 radical (unpaired) electrons. The Balaban J connectivity index is 1.74. The Kier molecular flexibility index (Phi) is 3.97. The fourth-order valence-corrected chi connectivity index (χ4v) is 2.15. The minimum absolute atomic E-state index is 0.220. The highest BCUT2D eigenvalue weighted by Crippen LogP contribution is 2.23. The monoisotopic (exact) mass is 305 g/mol. The number of benzene rings is 3. The van der Waals surface area contributed by atoms with Crippen molar-refractivity contribution in [2.45, 2.75) is 0 Å². The molecule has 0 bridgehead atoms. The Morgan fingerprint density at radius 1 is 0.783 bits per heavy atom. The van der Waals surface area contributed by atoms with Crippen molar-refractivity contribution in [2.24, 2.45) is 0 Å². The molecule has 0 aliphatic carbocycles. The van der Waals surface area contributed by atoms with Crippen LogP contribution in [0.3, 0.4) is 0 Å². The third-order valence-corrected chi connectivity index (χ3v) is 3.41. The molecule has 23 heavy (non-hydrogen) atoms. The number of hydrogen-bond acceptors (Lipinski definition) is 4. The third kappa shape index (κ3) is 3.49.